The molecule has 0 spiro atoms. The van der Waals surface area contributed by atoms with Crippen LogP contribution >= 0.6 is 11.3 Å². The first-order chi connectivity index (χ1) is 16.0. The number of amides is 2. The van der Waals surface area contributed by atoms with Crippen LogP contribution in [0.1, 0.15) is 10.4 Å². The first kappa shape index (κ1) is 22.2. The Hall–Kier alpha value is -4.05. The molecule has 170 valence electrons. The van der Waals surface area contributed by atoms with Crippen LogP contribution in [0.4, 0.5) is 5.69 Å². The third kappa shape index (κ3) is 4.75. The summed E-state index contributed by atoms with van der Waals surface area (Å²) in [4.78, 5) is 30.4. The normalized spacial score (nSPS) is 10.6. The smallest absolute Gasteiger partial charge is 0.251 e. The summed E-state index contributed by atoms with van der Waals surface area (Å²) in [6.07, 6.45) is 3.91. The van der Waals surface area contributed by atoms with Gasteiger partial charge in [0.15, 0.2) is 16.5 Å². The Morgan fingerprint density at radius 2 is 1.73 bits per heavy atom. The molecule has 0 saturated carbocycles. The minimum absolute atomic E-state index is 0.200. The predicted octanol–water partition coefficient (Wildman–Crippen LogP) is 3.46. The zero-order chi connectivity index (χ0) is 23.4. The number of fused-ring (bicyclic) bond motifs is 1. The summed E-state index contributed by atoms with van der Waals surface area (Å²) in [6.45, 7) is -0.200. The minimum Gasteiger partial charge on any atom is -0.493 e. The summed E-state index contributed by atoms with van der Waals surface area (Å²) in [5.41, 5.74) is 2.70. The van der Waals surface area contributed by atoms with Crippen LogP contribution in [0.2, 0.25) is 0 Å². The Morgan fingerprint density at radius 1 is 1.03 bits per heavy atom. The molecule has 9 nitrogen and oxygen atoms in total. The summed E-state index contributed by atoms with van der Waals surface area (Å²) in [7, 11) is 4.41. The molecule has 2 N–H and O–H groups in total. The highest BCUT2D eigenvalue weighted by molar-refractivity contribution is 7.15. The molecular formula is C23H22N4O5S. The van der Waals surface area contributed by atoms with E-state index in [9.17, 15) is 9.59 Å². The van der Waals surface area contributed by atoms with Crippen molar-refractivity contribution in [2.75, 3.05) is 33.2 Å². The van der Waals surface area contributed by atoms with Crippen LogP contribution in [0.15, 0.2) is 54.2 Å². The molecule has 2 aromatic heterocycles. The van der Waals surface area contributed by atoms with E-state index in [4.69, 9.17) is 14.2 Å². The Kier molecular flexibility index (Phi) is 6.45. The maximum absolute atomic E-state index is 12.5. The molecule has 0 saturated heterocycles. The van der Waals surface area contributed by atoms with Crippen molar-refractivity contribution in [3.05, 3.63) is 59.7 Å². The molecule has 0 aliphatic rings. The fraction of sp³-hybridized carbons (Fsp3) is 0.174. The number of methoxy groups -OCH3 is 3. The van der Waals surface area contributed by atoms with Crippen molar-refractivity contribution in [2.24, 2.45) is 0 Å². The van der Waals surface area contributed by atoms with Gasteiger partial charge in [0.2, 0.25) is 11.7 Å². The molecule has 10 heteroatoms. The second-order valence-corrected chi connectivity index (χ2v) is 7.81. The van der Waals surface area contributed by atoms with Crippen LogP contribution in [0, 0.1) is 0 Å². The van der Waals surface area contributed by atoms with Crippen molar-refractivity contribution < 1.29 is 23.8 Å². The molecule has 2 amide bonds. The van der Waals surface area contributed by atoms with E-state index < -0.39 is 5.91 Å². The fourth-order valence-electron chi connectivity index (χ4n) is 3.27. The molecular weight excluding hydrogens is 444 g/mol. The van der Waals surface area contributed by atoms with Crippen molar-refractivity contribution in [3.63, 3.8) is 0 Å². The number of thiazole rings is 1. The van der Waals surface area contributed by atoms with E-state index in [2.05, 4.69) is 15.6 Å². The number of nitrogens with zero attached hydrogens (tertiary/aromatic N) is 2. The van der Waals surface area contributed by atoms with Crippen molar-refractivity contribution >= 4 is 33.8 Å². The third-order valence-electron chi connectivity index (χ3n) is 4.89. The summed E-state index contributed by atoms with van der Waals surface area (Å²) in [5.74, 6) is 0.284. The average molecular weight is 467 g/mol. The number of aromatic nitrogens is 2. The molecule has 0 unspecified atom stereocenters. The summed E-state index contributed by atoms with van der Waals surface area (Å²) in [6, 6.07) is 10.4. The Morgan fingerprint density at radius 3 is 2.33 bits per heavy atom. The predicted molar refractivity (Wildman–Crippen MR) is 126 cm³/mol. The molecule has 33 heavy (non-hydrogen) atoms. The Labute approximate surface area is 193 Å². The van der Waals surface area contributed by atoms with E-state index >= 15 is 0 Å². The maximum atomic E-state index is 12.5. The van der Waals surface area contributed by atoms with E-state index in [1.165, 1.54) is 33.5 Å². The lowest BCUT2D eigenvalue weighted by Gasteiger charge is -2.14. The number of hydrogen-bond acceptors (Lipinski definition) is 7. The van der Waals surface area contributed by atoms with Gasteiger partial charge in [-0.25, -0.2) is 4.98 Å². The van der Waals surface area contributed by atoms with Crippen molar-refractivity contribution in [2.45, 2.75) is 0 Å². The van der Waals surface area contributed by atoms with E-state index in [1.54, 1.807) is 23.5 Å². The van der Waals surface area contributed by atoms with Gasteiger partial charge in [0.1, 0.15) is 0 Å². The number of carbonyl (C=O) groups is 2. The molecule has 0 fully saturated rings. The van der Waals surface area contributed by atoms with Crippen molar-refractivity contribution in [3.8, 4) is 28.5 Å². The molecule has 0 aliphatic carbocycles. The SMILES string of the molecule is COc1cc(C(=O)NCC(=O)Nc2ccc(-c3cn4ccsc4n3)cc2)cc(OC)c1OC. The highest BCUT2D eigenvalue weighted by atomic mass is 32.1. The van der Waals surface area contributed by atoms with Crippen molar-refractivity contribution in [1.29, 1.82) is 0 Å². The van der Waals surface area contributed by atoms with E-state index in [0.717, 1.165) is 16.2 Å². The molecule has 0 aliphatic heterocycles. The number of nitrogens with one attached hydrogen (secondary N) is 2. The lowest BCUT2D eigenvalue weighted by atomic mass is 10.1. The van der Waals surface area contributed by atoms with Gasteiger partial charge < -0.3 is 24.8 Å². The highest BCUT2D eigenvalue weighted by Gasteiger charge is 2.17. The molecule has 2 heterocycles. The Balaban J connectivity index is 1.36. The van der Waals surface area contributed by atoms with E-state index in [0.29, 0.717) is 22.9 Å². The second kappa shape index (κ2) is 9.61. The lowest BCUT2D eigenvalue weighted by Crippen LogP contribution is -2.32. The van der Waals surface area contributed by atoms with Crippen molar-refractivity contribution in [1.82, 2.24) is 14.7 Å². The van der Waals surface area contributed by atoms with Gasteiger partial charge in [-0.15, -0.1) is 11.3 Å². The standard InChI is InChI=1S/C23H22N4O5S/c1-30-18-10-15(11-19(31-2)21(18)32-3)22(29)24-12-20(28)25-16-6-4-14(5-7-16)17-13-27-8-9-33-23(27)26-17/h4-11,13H,12H2,1-3H3,(H,24,29)(H,25,28). The van der Waals surface area contributed by atoms with Gasteiger partial charge in [-0.3, -0.25) is 14.0 Å². The van der Waals surface area contributed by atoms with E-state index in [1.807, 2.05) is 34.3 Å². The minimum atomic E-state index is -0.445. The molecule has 0 bridgehead atoms. The lowest BCUT2D eigenvalue weighted by molar-refractivity contribution is -0.115. The number of hydrogen-bond donors (Lipinski definition) is 2. The summed E-state index contributed by atoms with van der Waals surface area (Å²) in [5, 5.41) is 7.34. The molecule has 0 radical (unpaired) electrons. The van der Waals surface area contributed by atoms with Gasteiger partial charge >= 0.3 is 0 Å². The van der Waals surface area contributed by atoms with Gasteiger partial charge in [0.05, 0.1) is 33.6 Å². The quantitative estimate of drug-likeness (QED) is 0.412. The number of imidazole rings is 1. The molecule has 0 atom stereocenters. The second-order valence-electron chi connectivity index (χ2n) is 6.94. The zero-order valence-corrected chi connectivity index (χ0v) is 19.1. The van der Waals surface area contributed by atoms with Crippen LogP contribution in [0.25, 0.3) is 16.2 Å². The summed E-state index contributed by atoms with van der Waals surface area (Å²) < 4.78 is 17.7. The maximum Gasteiger partial charge on any atom is 0.251 e. The van der Waals surface area contributed by atoms with Gasteiger partial charge in [0, 0.05) is 34.6 Å². The largest absolute Gasteiger partial charge is 0.493 e. The number of benzene rings is 2. The molecule has 2 aromatic carbocycles. The zero-order valence-electron chi connectivity index (χ0n) is 18.2. The topological polar surface area (TPSA) is 103 Å². The first-order valence-electron chi connectivity index (χ1n) is 9.93. The average Bonchev–Trinajstić information content (AvgIpc) is 3.44. The number of rotatable bonds is 8. The van der Waals surface area contributed by atoms with Crippen LogP contribution < -0.4 is 24.8 Å². The fourth-order valence-corrected chi connectivity index (χ4v) is 3.97. The van der Waals surface area contributed by atoms with Crippen LogP contribution in [0.5, 0.6) is 17.2 Å². The van der Waals surface area contributed by atoms with Crippen LogP contribution in [0.3, 0.4) is 0 Å². The van der Waals surface area contributed by atoms with Gasteiger partial charge in [-0.05, 0) is 24.3 Å². The number of anilines is 1. The molecule has 4 rings (SSSR count). The summed E-state index contributed by atoms with van der Waals surface area (Å²) >= 11 is 1.57. The highest BCUT2D eigenvalue weighted by Crippen LogP contribution is 2.38. The van der Waals surface area contributed by atoms with Gasteiger partial charge in [0.25, 0.3) is 5.91 Å². The van der Waals surface area contributed by atoms with Crippen LogP contribution in [-0.4, -0.2) is 49.1 Å². The van der Waals surface area contributed by atoms with Gasteiger partial charge in [-0.2, -0.15) is 0 Å². The van der Waals surface area contributed by atoms with Crippen LogP contribution in [-0.2, 0) is 4.79 Å². The Bertz CT molecular complexity index is 1240. The number of carbonyl (C=O) groups excluding carboxylic acids is 2. The van der Waals surface area contributed by atoms with E-state index in [-0.39, 0.29) is 18.0 Å². The van der Waals surface area contributed by atoms with Gasteiger partial charge in [-0.1, -0.05) is 12.1 Å². The first-order valence-corrected chi connectivity index (χ1v) is 10.8. The monoisotopic (exact) mass is 466 g/mol. The third-order valence-corrected chi connectivity index (χ3v) is 5.66. The number of ether oxygens (including phenoxy) is 3. The molecule has 4 aromatic rings.